The Kier molecular flexibility index (Phi) is 4.43. The van der Waals surface area contributed by atoms with Gasteiger partial charge in [-0.15, -0.1) is 0 Å². The van der Waals surface area contributed by atoms with Crippen LogP contribution in [0.5, 0.6) is 5.75 Å². The van der Waals surface area contributed by atoms with Crippen molar-refractivity contribution < 1.29 is 9.53 Å². The number of nitrogens with zero attached hydrogens (tertiary/aromatic N) is 1. The lowest BCUT2D eigenvalue weighted by atomic mass is 10.1. The average molecular weight is 363 g/mol. The maximum atomic E-state index is 12.7. The first-order chi connectivity index (χ1) is 11.4. The van der Waals surface area contributed by atoms with Crippen LogP contribution in [0.2, 0.25) is 10.0 Å². The minimum absolute atomic E-state index is 0.243. The second kappa shape index (κ2) is 6.38. The molecule has 2 aromatic carbocycles. The van der Waals surface area contributed by atoms with Crippen molar-refractivity contribution in [1.82, 2.24) is 4.57 Å². The molecule has 0 saturated heterocycles. The number of anilines is 1. The van der Waals surface area contributed by atoms with E-state index in [1.165, 1.54) is 0 Å². The van der Waals surface area contributed by atoms with Gasteiger partial charge in [-0.25, -0.2) is 0 Å². The first-order valence-corrected chi connectivity index (χ1v) is 8.06. The summed E-state index contributed by atoms with van der Waals surface area (Å²) in [6.07, 6.45) is 1.78. The first kappa shape index (κ1) is 16.7. The molecule has 6 heteroatoms. The van der Waals surface area contributed by atoms with Crippen molar-refractivity contribution in [1.29, 1.82) is 0 Å². The van der Waals surface area contributed by atoms with Gasteiger partial charge < -0.3 is 14.6 Å². The van der Waals surface area contributed by atoms with E-state index in [9.17, 15) is 4.79 Å². The Hall–Kier alpha value is -2.17. The Labute approximate surface area is 149 Å². The number of hydrogen-bond acceptors (Lipinski definition) is 2. The molecule has 0 atom stereocenters. The van der Waals surface area contributed by atoms with Crippen molar-refractivity contribution in [3.63, 3.8) is 0 Å². The second-order valence-electron chi connectivity index (χ2n) is 5.57. The van der Waals surface area contributed by atoms with E-state index in [0.717, 1.165) is 22.2 Å². The molecule has 0 spiro atoms. The highest BCUT2D eigenvalue weighted by Gasteiger charge is 2.16. The Morgan fingerprint density at radius 1 is 1.17 bits per heavy atom. The van der Waals surface area contributed by atoms with Crippen LogP contribution >= 0.6 is 23.2 Å². The van der Waals surface area contributed by atoms with E-state index in [-0.39, 0.29) is 5.91 Å². The largest absolute Gasteiger partial charge is 0.497 e. The molecule has 3 aromatic rings. The van der Waals surface area contributed by atoms with Crippen molar-refractivity contribution in [2.24, 2.45) is 7.05 Å². The third-order valence-corrected chi connectivity index (χ3v) is 4.66. The summed E-state index contributed by atoms with van der Waals surface area (Å²) in [5.74, 6) is 0.497. The molecule has 0 aliphatic rings. The van der Waals surface area contributed by atoms with Gasteiger partial charge in [0.05, 0.1) is 28.9 Å². The van der Waals surface area contributed by atoms with Crippen LogP contribution in [-0.4, -0.2) is 17.6 Å². The summed E-state index contributed by atoms with van der Waals surface area (Å²) in [7, 11) is 3.50. The molecule has 4 nitrogen and oxygen atoms in total. The van der Waals surface area contributed by atoms with E-state index < -0.39 is 0 Å². The van der Waals surface area contributed by atoms with Gasteiger partial charge in [-0.05, 0) is 36.8 Å². The van der Waals surface area contributed by atoms with Crippen molar-refractivity contribution in [2.75, 3.05) is 12.4 Å². The maximum Gasteiger partial charge on any atom is 0.257 e. The number of nitrogens with one attached hydrogen (secondary N) is 1. The Bertz CT molecular complexity index is 948. The van der Waals surface area contributed by atoms with Crippen LogP contribution in [0.15, 0.2) is 36.5 Å². The van der Waals surface area contributed by atoms with Crippen molar-refractivity contribution in [3.05, 3.63) is 57.7 Å². The Morgan fingerprint density at radius 2 is 1.92 bits per heavy atom. The lowest BCUT2D eigenvalue weighted by molar-refractivity contribution is 0.102. The summed E-state index contributed by atoms with van der Waals surface area (Å²) >= 11 is 12.3. The third kappa shape index (κ3) is 2.95. The molecule has 1 heterocycles. The highest BCUT2D eigenvalue weighted by atomic mass is 35.5. The summed E-state index contributed by atoms with van der Waals surface area (Å²) in [5.41, 5.74) is 2.81. The smallest absolute Gasteiger partial charge is 0.257 e. The lowest BCUT2D eigenvalue weighted by Gasteiger charge is -2.09. The normalized spacial score (nSPS) is 10.9. The van der Waals surface area contributed by atoms with Crippen LogP contribution in [0.1, 0.15) is 15.9 Å². The number of ether oxygens (including phenoxy) is 1. The van der Waals surface area contributed by atoms with Crippen LogP contribution in [0.4, 0.5) is 5.69 Å². The van der Waals surface area contributed by atoms with E-state index in [0.29, 0.717) is 21.3 Å². The highest BCUT2D eigenvalue weighted by molar-refractivity contribution is 6.36. The van der Waals surface area contributed by atoms with Gasteiger partial charge in [0, 0.05) is 29.7 Å². The molecule has 0 aliphatic carbocycles. The number of rotatable bonds is 3. The van der Waals surface area contributed by atoms with E-state index in [4.69, 9.17) is 27.9 Å². The van der Waals surface area contributed by atoms with Gasteiger partial charge in [-0.1, -0.05) is 23.2 Å². The number of aromatic nitrogens is 1. The summed E-state index contributed by atoms with van der Waals surface area (Å²) < 4.78 is 7.12. The summed E-state index contributed by atoms with van der Waals surface area (Å²) in [5, 5.41) is 4.67. The quantitative estimate of drug-likeness (QED) is 0.707. The number of carbonyl (C=O) groups is 1. The molecule has 1 amide bonds. The van der Waals surface area contributed by atoms with Crippen molar-refractivity contribution >= 4 is 45.7 Å². The lowest BCUT2D eigenvalue weighted by Crippen LogP contribution is -2.12. The molecule has 0 saturated carbocycles. The number of carbonyl (C=O) groups excluding carboxylic acids is 1. The predicted octanol–water partition coefficient (Wildman–Crippen LogP) is 5.05. The molecule has 3 rings (SSSR count). The molecule has 0 aliphatic heterocycles. The number of aryl methyl sites for hydroxylation is 2. The van der Waals surface area contributed by atoms with Crippen LogP contribution in [0, 0.1) is 6.92 Å². The van der Waals surface area contributed by atoms with Gasteiger partial charge in [-0.2, -0.15) is 0 Å². The summed E-state index contributed by atoms with van der Waals surface area (Å²) in [6.45, 7) is 1.86. The number of fused-ring (bicyclic) bond motifs is 1. The zero-order chi connectivity index (χ0) is 17.4. The second-order valence-corrected chi connectivity index (χ2v) is 6.39. The van der Waals surface area contributed by atoms with E-state index >= 15 is 0 Å². The standard InChI is InChI=1S/C18H16Cl2N2O2/c1-10-6-15(20)16(8-14(10)19)21-18(23)13-9-22(2)17-7-11(24-3)4-5-12(13)17/h4-9H,1-3H3,(H,21,23). The summed E-state index contributed by atoms with van der Waals surface area (Å²) in [6, 6.07) is 8.97. The Morgan fingerprint density at radius 3 is 2.62 bits per heavy atom. The number of amides is 1. The molecule has 0 fully saturated rings. The van der Waals surface area contributed by atoms with Crippen LogP contribution in [0.25, 0.3) is 10.9 Å². The molecular formula is C18H16Cl2N2O2. The van der Waals surface area contributed by atoms with Gasteiger partial charge >= 0.3 is 0 Å². The average Bonchev–Trinajstić information content (AvgIpc) is 2.89. The van der Waals surface area contributed by atoms with Crippen LogP contribution < -0.4 is 10.1 Å². The molecule has 24 heavy (non-hydrogen) atoms. The highest BCUT2D eigenvalue weighted by Crippen LogP contribution is 2.30. The Balaban J connectivity index is 1.99. The minimum Gasteiger partial charge on any atom is -0.497 e. The monoisotopic (exact) mass is 362 g/mol. The van der Waals surface area contributed by atoms with Gasteiger partial charge in [-0.3, -0.25) is 4.79 Å². The van der Waals surface area contributed by atoms with Gasteiger partial charge in [0.2, 0.25) is 0 Å². The molecule has 0 radical (unpaired) electrons. The predicted molar refractivity (Wildman–Crippen MR) is 98.6 cm³/mol. The molecule has 1 N–H and O–H groups in total. The van der Waals surface area contributed by atoms with Crippen molar-refractivity contribution in [3.8, 4) is 5.75 Å². The van der Waals surface area contributed by atoms with Crippen molar-refractivity contribution in [2.45, 2.75) is 6.92 Å². The number of hydrogen-bond donors (Lipinski definition) is 1. The number of methoxy groups -OCH3 is 1. The fourth-order valence-corrected chi connectivity index (χ4v) is 3.03. The molecule has 1 aromatic heterocycles. The summed E-state index contributed by atoms with van der Waals surface area (Å²) in [4.78, 5) is 12.7. The minimum atomic E-state index is -0.243. The maximum absolute atomic E-state index is 12.7. The van der Waals surface area contributed by atoms with Crippen LogP contribution in [0.3, 0.4) is 0 Å². The SMILES string of the molecule is COc1ccc2c(C(=O)Nc3cc(Cl)c(C)cc3Cl)cn(C)c2c1. The topological polar surface area (TPSA) is 43.3 Å². The van der Waals surface area contributed by atoms with E-state index in [1.807, 2.05) is 36.7 Å². The van der Waals surface area contributed by atoms with Crippen LogP contribution in [-0.2, 0) is 7.05 Å². The zero-order valence-electron chi connectivity index (χ0n) is 13.5. The van der Waals surface area contributed by atoms with Gasteiger partial charge in [0.1, 0.15) is 5.75 Å². The molecule has 124 valence electrons. The van der Waals surface area contributed by atoms with E-state index in [1.54, 1.807) is 25.4 Å². The third-order valence-electron chi connectivity index (χ3n) is 3.94. The molecule has 0 bridgehead atoms. The van der Waals surface area contributed by atoms with Gasteiger partial charge in [0.15, 0.2) is 0 Å². The zero-order valence-corrected chi connectivity index (χ0v) is 15.0. The fourth-order valence-electron chi connectivity index (χ4n) is 2.60. The van der Waals surface area contributed by atoms with E-state index in [2.05, 4.69) is 5.32 Å². The number of benzene rings is 2. The molecule has 0 unspecified atom stereocenters. The first-order valence-electron chi connectivity index (χ1n) is 7.30. The molecular weight excluding hydrogens is 347 g/mol. The van der Waals surface area contributed by atoms with Gasteiger partial charge in [0.25, 0.3) is 5.91 Å². The number of halogens is 2. The fraction of sp³-hybridized carbons (Fsp3) is 0.167.